The summed E-state index contributed by atoms with van der Waals surface area (Å²) >= 11 is 0. The van der Waals surface area contributed by atoms with Crippen molar-refractivity contribution in [3.05, 3.63) is 53.3 Å². The Morgan fingerprint density at radius 1 is 1.07 bits per heavy atom. The molecule has 0 saturated heterocycles. The Labute approximate surface area is 173 Å². The van der Waals surface area contributed by atoms with Crippen LogP contribution in [0.2, 0.25) is 0 Å². The van der Waals surface area contributed by atoms with Crippen molar-refractivity contribution in [2.45, 2.75) is 25.7 Å². The van der Waals surface area contributed by atoms with Gasteiger partial charge < -0.3 is 19.3 Å². The van der Waals surface area contributed by atoms with Gasteiger partial charge in [0, 0.05) is 31.0 Å². The van der Waals surface area contributed by atoms with Gasteiger partial charge in [0.05, 0.1) is 14.2 Å². The van der Waals surface area contributed by atoms with Crippen LogP contribution in [0.15, 0.2) is 36.7 Å². The van der Waals surface area contributed by atoms with Gasteiger partial charge in [-0.25, -0.2) is 0 Å². The normalized spacial score (nSPS) is 13.5. The maximum absolute atomic E-state index is 12.9. The van der Waals surface area contributed by atoms with Crippen LogP contribution in [0.5, 0.6) is 11.5 Å². The van der Waals surface area contributed by atoms with Crippen LogP contribution in [-0.4, -0.2) is 68.1 Å². The molecule has 0 saturated carbocycles. The number of aryl methyl sites for hydroxylation is 1. The number of ether oxygens (including phenoxy) is 2. The minimum Gasteiger partial charge on any atom is -0.493 e. The highest BCUT2D eigenvalue weighted by Crippen LogP contribution is 2.33. The van der Waals surface area contributed by atoms with Crippen LogP contribution in [0.3, 0.4) is 0 Å². The molecule has 1 aromatic carbocycles. The molecule has 0 spiro atoms. The van der Waals surface area contributed by atoms with Crippen LogP contribution in [0, 0.1) is 0 Å². The average Bonchev–Trinajstić information content (AvgIpc) is 2.75. The molecule has 1 aromatic heterocycles. The van der Waals surface area contributed by atoms with Crippen molar-refractivity contribution in [3.8, 4) is 11.5 Å². The fourth-order valence-corrected chi connectivity index (χ4v) is 3.81. The lowest BCUT2D eigenvalue weighted by Crippen LogP contribution is -2.39. The SMILES string of the molecule is COc1cc2c(cc1OC)C(=O)N(CCCN(C)CCCc1ccncc1)CC2. The molecule has 0 N–H and O–H groups in total. The van der Waals surface area contributed by atoms with Gasteiger partial charge in [-0.1, -0.05) is 0 Å². The highest BCUT2D eigenvalue weighted by molar-refractivity contribution is 5.97. The van der Waals surface area contributed by atoms with Crippen molar-refractivity contribution in [1.82, 2.24) is 14.8 Å². The summed E-state index contributed by atoms with van der Waals surface area (Å²) in [4.78, 5) is 21.3. The molecule has 0 aliphatic carbocycles. The standard InChI is InChI=1S/C23H31N3O3/c1-25(12-4-6-18-7-10-24-11-8-18)13-5-14-26-15-9-19-16-21(28-2)22(29-3)17-20(19)23(26)27/h7-8,10-11,16-17H,4-6,9,12-15H2,1-3H3. The summed E-state index contributed by atoms with van der Waals surface area (Å²) in [7, 11) is 5.37. The van der Waals surface area contributed by atoms with Crippen molar-refractivity contribution in [2.75, 3.05) is 47.4 Å². The second-order valence-corrected chi connectivity index (χ2v) is 7.52. The molecule has 29 heavy (non-hydrogen) atoms. The number of benzene rings is 1. The first-order valence-corrected chi connectivity index (χ1v) is 10.2. The van der Waals surface area contributed by atoms with Gasteiger partial charge >= 0.3 is 0 Å². The van der Waals surface area contributed by atoms with Crippen LogP contribution >= 0.6 is 0 Å². The Hall–Kier alpha value is -2.60. The van der Waals surface area contributed by atoms with Crippen LogP contribution in [-0.2, 0) is 12.8 Å². The van der Waals surface area contributed by atoms with Gasteiger partial charge in [-0.2, -0.15) is 0 Å². The Balaban J connectivity index is 1.45. The number of carbonyl (C=O) groups excluding carboxylic acids is 1. The Kier molecular flexibility index (Phi) is 7.47. The highest BCUT2D eigenvalue weighted by Gasteiger charge is 2.26. The number of carbonyl (C=O) groups is 1. The van der Waals surface area contributed by atoms with E-state index in [1.165, 1.54) is 5.56 Å². The summed E-state index contributed by atoms with van der Waals surface area (Å²) in [5.74, 6) is 1.38. The topological polar surface area (TPSA) is 54.9 Å². The largest absolute Gasteiger partial charge is 0.493 e. The molecule has 1 aliphatic heterocycles. The van der Waals surface area contributed by atoms with Gasteiger partial charge in [-0.05, 0) is 81.2 Å². The fourth-order valence-electron chi connectivity index (χ4n) is 3.81. The van der Waals surface area contributed by atoms with Crippen LogP contribution < -0.4 is 9.47 Å². The number of nitrogens with zero attached hydrogens (tertiary/aromatic N) is 3. The van der Waals surface area contributed by atoms with E-state index in [-0.39, 0.29) is 5.91 Å². The minimum absolute atomic E-state index is 0.0903. The summed E-state index contributed by atoms with van der Waals surface area (Å²) in [6.07, 6.45) is 7.71. The predicted octanol–water partition coefficient (Wildman–Crippen LogP) is 3.05. The van der Waals surface area contributed by atoms with Gasteiger partial charge in [0.15, 0.2) is 11.5 Å². The second kappa shape index (κ2) is 10.3. The van der Waals surface area contributed by atoms with Crippen molar-refractivity contribution in [2.24, 2.45) is 0 Å². The number of amides is 1. The lowest BCUT2D eigenvalue weighted by atomic mass is 9.98. The molecule has 2 aromatic rings. The van der Waals surface area contributed by atoms with E-state index in [2.05, 4.69) is 29.1 Å². The van der Waals surface area contributed by atoms with E-state index in [9.17, 15) is 4.79 Å². The molecule has 0 atom stereocenters. The van der Waals surface area contributed by atoms with Gasteiger partial charge in [-0.3, -0.25) is 9.78 Å². The third-order valence-electron chi connectivity index (χ3n) is 5.50. The zero-order chi connectivity index (χ0) is 20.6. The molecule has 6 nitrogen and oxygen atoms in total. The van der Waals surface area contributed by atoms with Gasteiger partial charge in [0.2, 0.25) is 0 Å². The lowest BCUT2D eigenvalue weighted by Gasteiger charge is -2.30. The van der Waals surface area contributed by atoms with E-state index in [1.807, 2.05) is 29.4 Å². The summed E-state index contributed by atoms with van der Waals surface area (Å²) in [6.45, 7) is 3.57. The fraction of sp³-hybridized carbons (Fsp3) is 0.478. The first kappa shape index (κ1) is 21.1. The van der Waals surface area contributed by atoms with Crippen LogP contribution in [0.25, 0.3) is 0 Å². The lowest BCUT2D eigenvalue weighted by molar-refractivity contribution is 0.0732. The predicted molar refractivity (Wildman–Crippen MR) is 114 cm³/mol. The first-order chi connectivity index (χ1) is 14.1. The number of pyridine rings is 1. The number of fused-ring (bicyclic) bond motifs is 1. The molecule has 0 bridgehead atoms. The molecule has 1 aliphatic rings. The molecule has 0 unspecified atom stereocenters. The monoisotopic (exact) mass is 397 g/mol. The third kappa shape index (κ3) is 5.48. The van der Waals surface area contributed by atoms with E-state index >= 15 is 0 Å². The smallest absolute Gasteiger partial charge is 0.254 e. The molecule has 0 radical (unpaired) electrons. The van der Waals surface area contributed by atoms with Gasteiger partial charge in [0.1, 0.15) is 0 Å². The number of hydrogen-bond donors (Lipinski definition) is 0. The zero-order valence-corrected chi connectivity index (χ0v) is 17.7. The number of aromatic nitrogens is 1. The Morgan fingerprint density at radius 3 is 2.48 bits per heavy atom. The van der Waals surface area contributed by atoms with E-state index in [1.54, 1.807) is 14.2 Å². The summed E-state index contributed by atoms with van der Waals surface area (Å²) in [6, 6.07) is 7.89. The maximum atomic E-state index is 12.9. The van der Waals surface area contributed by atoms with Crippen molar-refractivity contribution in [1.29, 1.82) is 0 Å². The van der Waals surface area contributed by atoms with E-state index in [0.29, 0.717) is 11.5 Å². The molecule has 2 heterocycles. The van der Waals surface area contributed by atoms with E-state index in [0.717, 1.165) is 63.0 Å². The highest BCUT2D eigenvalue weighted by atomic mass is 16.5. The zero-order valence-electron chi connectivity index (χ0n) is 17.7. The minimum atomic E-state index is 0.0903. The molecular formula is C23H31N3O3. The quantitative estimate of drug-likeness (QED) is 0.617. The average molecular weight is 398 g/mol. The first-order valence-electron chi connectivity index (χ1n) is 10.2. The van der Waals surface area contributed by atoms with Crippen molar-refractivity contribution in [3.63, 3.8) is 0 Å². The number of methoxy groups -OCH3 is 2. The maximum Gasteiger partial charge on any atom is 0.254 e. The molecular weight excluding hydrogens is 366 g/mol. The van der Waals surface area contributed by atoms with Gasteiger partial charge in [-0.15, -0.1) is 0 Å². The number of hydrogen-bond acceptors (Lipinski definition) is 5. The summed E-state index contributed by atoms with van der Waals surface area (Å²) < 4.78 is 10.7. The van der Waals surface area contributed by atoms with Crippen LogP contribution in [0.4, 0.5) is 0 Å². The molecule has 156 valence electrons. The molecule has 1 amide bonds. The Bertz CT molecular complexity index is 811. The van der Waals surface area contributed by atoms with Crippen molar-refractivity contribution < 1.29 is 14.3 Å². The third-order valence-corrected chi connectivity index (χ3v) is 5.50. The summed E-state index contributed by atoms with van der Waals surface area (Å²) in [5, 5.41) is 0. The van der Waals surface area contributed by atoms with Gasteiger partial charge in [0.25, 0.3) is 5.91 Å². The van der Waals surface area contributed by atoms with E-state index in [4.69, 9.17) is 9.47 Å². The van der Waals surface area contributed by atoms with Crippen molar-refractivity contribution >= 4 is 5.91 Å². The Morgan fingerprint density at radius 2 is 1.76 bits per heavy atom. The van der Waals surface area contributed by atoms with Crippen LogP contribution in [0.1, 0.15) is 34.3 Å². The molecule has 3 rings (SSSR count). The molecule has 6 heteroatoms. The molecule has 0 fully saturated rings. The van der Waals surface area contributed by atoms with E-state index < -0.39 is 0 Å². The second-order valence-electron chi connectivity index (χ2n) is 7.52. The summed E-state index contributed by atoms with van der Waals surface area (Å²) in [5.41, 5.74) is 3.11. The number of rotatable bonds is 10.